The average molecular weight is 382 g/mol. The highest BCUT2D eigenvalue weighted by Crippen LogP contribution is 2.30. The Bertz CT molecular complexity index is 971. The molecule has 0 spiro atoms. The van der Waals surface area contributed by atoms with Crippen LogP contribution in [-0.2, 0) is 0 Å². The van der Waals surface area contributed by atoms with Crippen molar-refractivity contribution in [1.82, 2.24) is 10.2 Å². The normalized spacial score (nSPS) is 22.1. The number of nitrogens with one attached hydrogen (secondary N) is 2. The number of hydrogen-bond donors (Lipinski definition) is 3. The Labute approximate surface area is 162 Å². The Balaban J connectivity index is 1.43. The number of benzene rings is 1. The number of nitrogens with zero attached hydrogens (tertiary/aromatic N) is 1. The molecule has 2 aromatic heterocycles. The van der Waals surface area contributed by atoms with Gasteiger partial charge in [-0.3, -0.25) is 5.10 Å². The van der Waals surface area contributed by atoms with Gasteiger partial charge in [0.25, 0.3) is 0 Å². The Morgan fingerprint density at radius 1 is 1.30 bits per heavy atom. The molecule has 0 radical (unpaired) electrons. The largest absolute Gasteiger partial charge is 0.463 e. The van der Waals surface area contributed by atoms with Gasteiger partial charge >= 0.3 is 0 Å². The number of anilines is 1. The highest BCUT2D eigenvalue weighted by atomic mass is 35.5. The van der Waals surface area contributed by atoms with Crippen molar-refractivity contribution in [1.29, 1.82) is 0 Å². The van der Waals surface area contributed by atoms with Crippen molar-refractivity contribution in [2.24, 2.45) is 0 Å². The molecule has 5 nitrogen and oxygen atoms in total. The van der Waals surface area contributed by atoms with Gasteiger partial charge in [-0.2, -0.15) is 5.10 Å². The Kier molecular flexibility index (Phi) is 4.93. The van der Waals surface area contributed by atoms with Gasteiger partial charge in [-0.25, -0.2) is 0 Å². The highest BCUT2D eigenvalue weighted by Gasteiger charge is 2.33. The van der Waals surface area contributed by atoms with E-state index in [0.29, 0.717) is 17.9 Å². The molecule has 0 amide bonds. The van der Waals surface area contributed by atoms with Crippen molar-refractivity contribution < 1.29 is 9.52 Å². The summed E-state index contributed by atoms with van der Waals surface area (Å²) in [6.07, 6.45) is 4.70. The van der Waals surface area contributed by atoms with Crippen molar-refractivity contribution >= 4 is 17.4 Å². The van der Waals surface area contributed by atoms with Gasteiger partial charge < -0.3 is 14.8 Å². The van der Waals surface area contributed by atoms with Crippen LogP contribution in [-0.4, -0.2) is 26.9 Å². The van der Waals surface area contributed by atoms with Crippen molar-refractivity contribution in [2.75, 3.05) is 5.32 Å². The van der Waals surface area contributed by atoms with Gasteiger partial charge in [-0.05, 0) is 49.6 Å². The van der Waals surface area contributed by atoms with Gasteiger partial charge in [0.15, 0.2) is 5.76 Å². The zero-order chi connectivity index (χ0) is 18.7. The number of rotatable bonds is 3. The standard InChI is InChI=1S/C21H20ClN3O2/c22-16-5-1-4-15(12-16)8-10-21(26)9-2-6-17(14-21)23-20-13-18(24-25-20)19-7-3-11-27-19/h1,3-5,7,11-13,17,26H,2,6,9,14H2,(H2,23,24,25). The number of H-pyrrole nitrogens is 1. The molecule has 1 aliphatic carbocycles. The summed E-state index contributed by atoms with van der Waals surface area (Å²) in [5.74, 6) is 7.58. The van der Waals surface area contributed by atoms with Crippen LogP contribution in [0.25, 0.3) is 11.5 Å². The van der Waals surface area contributed by atoms with E-state index in [1.54, 1.807) is 12.3 Å². The van der Waals surface area contributed by atoms with Gasteiger partial charge in [-0.1, -0.05) is 29.5 Å². The molecule has 3 aromatic rings. The predicted octanol–water partition coefficient (Wildman–Crippen LogP) is 4.46. The summed E-state index contributed by atoms with van der Waals surface area (Å²) in [6.45, 7) is 0. The summed E-state index contributed by atoms with van der Waals surface area (Å²) in [4.78, 5) is 0. The topological polar surface area (TPSA) is 74.1 Å². The molecule has 0 aliphatic heterocycles. The van der Waals surface area contributed by atoms with E-state index >= 15 is 0 Å². The summed E-state index contributed by atoms with van der Waals surface area (Å²) >= 11 is 6.00. The number of aliphatic hydroxyl groups is 1. The zero-order valence-corrected chi connectivity index (χ0v) is 15.5. The molecule has 2 heterocycles. The van der Waals surface area contributed by atoms with Crippen LogP contribution in [0.5, 0.6) is 0 Å². The molecule has 0 bridgehead atoms. The van der Waals surface area contributed by atoms with Gasteiger partial charge in [0.1, 0.15) is 17.1 Å². The molecule has 6 heteroatoms. The highest BCUT2D eigenvalue weighted by molar-refractivity contribution is 6.30. The molecule has 1 saturated carbocycles. The maximum Gasteiger partial charge on any atom is 0.151 e. The molecule has 1 aromatic carbocycles. The lowest BCUT2D eigenvalue weighted by atomic mass is 9.82. The third kappa shape index (κ3) is 4.36. The number of hydrogen-bond acceptors (Lipinski definition) is 4. The van der Waals surface area contributed by atoms with Gasteiger partial charge in [0, 0.05) is 29.1 Å². The number of furan rings is 1. The fourth-order valence-corrected chi connectivity index (χ4v) is 3.60. The average Bonchev–Trinajstić information content (AvgIpc) is 3.32. The molecule has 1 fully saturated rings. The lowest BCUT2D eigenvalue weighted by Gasteiger charge is -2.33. The van der Waals surface area contributed by atoms with Crippen LogP contribution in [0.4, 0.5) is 5.82 Å². The van der Waals surface area contributed by atoms with E-state index in [-0.39, 0.29) is 6.04 Å². The molecule has 138 valence electrons. The summed E-state index contributed by atoms with van der Waals surface area (Å²) in [5.41, 5.74) is 0.606. The SMILES string of the molecule is OC1(C#Cc2cccc(Cl)c2)CCCC(Nc2cc(-c3ccco3)[nH]n2)C1. The Morgan fingerprint density at radius 3 is 3.04 bits per heavy atom. The van der Waals surface area contributed by atoms with Crippen LogP contribution < -0.4 is 5.32 Å². The van der Waals surface area contributed by atoms with Crippen LogP contribution in [0.2, 0.25) is 5.02 Å². The molecule has 2 unspecified atom stereocenters. The first-order valence-electron chi connectivity index (χ1n) is 8.97. The van der Waals surface area contributed by atoms with E-state index in [2.05, 4.69) is 27.4 Å². The summed E-state index contributed by atoms with van der Waals surface area (Å²) < 4.78 is 5.37. The van der Waals surface area contributed by atoms with Crippen molar-refractivity contribution in [3.05, 3.63) is 59.3 Å². The second-order valence-electron chi connectivity index (χ2n) is 6.87. The van der Waals surface area contributed by atoms with Gasteiger partial charge in [-0.15, -0.1) is 0 Å². The third-order valence-corrected chi connectivity index (χ3v) is 4.94. The second kappa shape index (κ2) is 7.51. The van der Waals surface area contributed by atoms with Crippen molar-refractivity contribution in [2.45, 2.75) is 37.3 Å². The smallest absolute Gasteiger partial charge is 0.151 e. The van der Waals surface area contributed by atoms with Crippen LogP contribution in [0.3, 0.4) is 0 Å². The maximum absolute atomic E-state index is 10.9. The third-order valence-electron chi connectivity index (χ3n) is 4.71. The monoisotopic (exact) mass is 381 g/mol. The first kappa shape index (κ1) is 17.7. The Morgan fingerprint density at radius 2 is 2.22 bits per heavy atom. The minimum atomic E-state index is -1.02. The summed E-state index contributed by atoms with van der Waals surface area (Å²) in [7, 11) is 0. The molecule has 4 rings (SSSR count). The Hall–Kier alpha value is -2.68. The molecular weight excluding hydrogens is 362 g/mol. The fourth-order valence-electron chi connectivity index (χ4n) is 3.41. The molecule has 3 N–H and O–H groups in total. The van der Waals surface area contributed by atoms with Gasteiger partial charge in [0.05, 0.1) is 6.26 Å². The molecule has 1 aliphatic rings. The minimum Gasteiger partial charge on any atom is -0.463 e. The van der Waals surface area contributed by atoms with Gasteiger partial charge in [0.2, 0.25) is 0 Å². The van der Waals surface area contributed by atoms with Crippen LogP contribution in [0.15, 0.2) is 53.1 Å². The number of aromatic amines is 1. The summed E-state index contributed by atoms with van der Waals surface area (Å²) in [6, 6.07) is 13.1. The van der Waals surface area contributed by atoms with Crippen LogP contribution >= 0.6 is 11.6 Å². The van der Waals surface area contributed by atoms with Crippen molar-refractivity contribution in [3.63, 3.8) is 0 Å². The van der Waals surface area contributed by atoms with Crippen LogP contribution in [0.1, 0.15) is 31.2 Å². The van der Waals surface area contributed by atoms with E-state index in [1.807, 2.05) is 36.4 Å². The van der Waals surface area contributed by atoms with E-state index in [9.17, 15) is 5.11 Å². The molecular formula is C21H20ClN3O2. The molecule has 27 heavy (non-hydrogen) atoms. The number of halogens is 1. The minimum absolute atomic E-state index is 0.102. The quantitative estimate of drug-likeness (QED) is 0.585. The number of aromatic nitrogens is 2. The first-order valence-corrected chi connectivity index (χ1v) is 9.34. The van der Waals surface area contributed by atoms with Crippen LogP contribution in [0, 0.1) is 11.8 Å². The second-order valence-corrected chi connectivity index (χ2v) is 7.31. The van der Waals surface area contributed by atoms with E-state index in [0.717, 1.165) is 35.7 Å². The van der Waals surface area contributed by atoms with E-state index in [4.69, 9.17) is 16.0 Å². The zero-order valence-electron chi connectivity index (χ0n) is 14.7. The van der Waals surface area contributed by atoms with E-state index in [1.165, 1.54) is 0 Å². The lowest BCUT2D eigenvalue weighted by molar-refractivity contribution is 0.0561. The lowest BCUT2D eigenvalue weighted by Crippen LogP contribution is -2.39. The molecule has 0 saturated heterocycles. The maximum atomic E-state index is 10.9. The fraction of sp³-hybridized carbons (Fsp3) is 0.286. The predicted molar refractivity (Wildman–Crippen MR) is 105 cm³/mol. The van der Waals surface area contributed by atoms with Crippen molar-refractivity contribution in [3.8, 4) is 23.3 Å². The summed E-state index contributed by atoms with van der Waals surface area (Å²) in [5, 5.41) is 22.2. The molecule has 2 atom stereocenters. The van der Waals surface area contributed by atoms with E-state index < -0.39 is 5.60 Å². The first-order chi connectivity index (χ1) is 13.1.